The van der Waals surface area contributed by atoms with Gasteiger partial charge in [0.15, 0.2) is 6.10 Å². The Morgan fingerprint density at radius 3 is 2.73 bits per heavy atom. The monoisotopic (exact) mass is 360 g/mol. The van der Waals surface area contributed by atoms with E-state index in [1.807, 2.05) is 0 Å². The van der Waals surface area contributed by atoms with Crippen LogP contribution in [0.5, 0.6) is 0 Å². The molecule has 0 unspecified atom stereocenters. The van der Waals surface area contributed by atoms with Gasteiger partial charge in [0.05, 0.1) is 6.04 Å². The number of amides is 2. The van der Waals surface area contributed by atoms with Crippen LogP contribution in [0.2, 0.25) is 0 Å². The number of halogens is 2. The summed E-state index contributed by atoms with van der Waals surface area (Å²) in [7, 11) is 1.51. The normalized spacial score (nSPS) is 20.1. The summed E-state index contributed by atoms with van der Waals surface area (Å²) in [5.41, 5.74) is 0.787. The minimum atomic E-state index is -1.07. The Bertz CT molecular complexity index is 828. The molecule has 3 rings (SSSR count). The highest BCUT2D eigenvalue weighted by molar-refractivity contribution is 5.86. The van der Waals surface area contributed by atoms with Gasteiger partial charge in [-0.05, 0) is 23.8 Å². The van der Waals surface area contributed by atoms with E-state index in [4.69, 9.17) is 4.74 Å². The minimum absolute atomic E-state index is 0.0953. The summed E-state index contributed by atoms with van der Waals surface area (Å²) in [4.78, 5) is 25.9. The van der Waals surface area contributed by atoms with Crippen LogP contribution in [0.3, 0.4) is 0 Å². The van der Waals surface area contributed by atoms with Crippen molar-refractivity contribution < 1.29 is 23.1 Å². The Balaban J connectivity index is 1.80. The van der Waals surface area contributed by atoms with Crippen LogP contribution >= 0.6 is 0 Å². The Hall–Kier alpha value is -2.80. The lowest BCUT2D eigenvalue weighted by atomic mass is 9.97. The second-order valence-electron chi connectivity index (χ2n) is 6.05. The number of rotatable bonds is 4. The number of benzene rings is 2. The van der Waals surface area contributed by atoms with Gasteiger partial charge in [0.2, 0.25) is 5.91 Å². The van der Waals surface area contributed by atoms with Crippen LogP contribution in [0.1, 0.15) is 17.2 Å². The molecule has 26 heavy (non-hydrogen) atoms. The summed E-state index contributed by atoms with van der Waals surface area (Å²) in [5.74, 6) is -1.76. The lowest BCUT2D eigenvalue weighted by molar-refractivity contribution is -0.162. The lowest BCUT2D eigenvalue weighted by Crippen LogP contribution is -2.53. The molecule has 7 heteroatoms. The van der Waals surface area contributed by atoms with Gasteiger partial charge in [-0.25, -0.2) is 8.78 Å². The first kappa shape index (κ1) is 18.0. The number of hydrogen-bond acceptors (Lipinski definition) is 3. The number of morpholine rings is 1. The number of nitrogens with zero attached hydrogens (tertiary/aromatic N) is 1. The molecular formula is C19H18F2N2O3. The van der Waals surface area contributed by atoms with Crippen LogP contribution in [0.25, 0.3) is 0 Å². The zero-order chi connectivity index (χ0) is 18.7. The van der Waals surface area contributed by atoms with Crippen molar-refractivity contribution in [3.63, 3.8) is 0 Å². The number of hydrogen-bond donors (Lipinski definition) is 1. The molecule has 1 heterocycles. The smallest absolute Gasteiger partial charge is 0.251 e. The second-order valence-corrected chi connectivity index (χ2v) is 6.05. The van der Waals surface area contributed by atoms with Gasteiger partial charge in [0, 0.05) is 19.2 Å². The van der Waals surface area contributed by atoms with Gasteiger partial charge in [-0.1, -0.05) is 30.3 Å². The Kier molecular flexibility index (Phi) is 5.27. The van der Waals surface area contributed by atoms with E-state index < -0.39 is 29.7 Å². The van der Waals surface area contributed by atoms with E-state index in [9.17, 15) is 18.4 Å². The SMILES string of the molecule is CN1C(=O)CO[C@H](C(=O)NCc2cccc(F)c2)[C@H]1c1ccccc1F. The van der Waals surface area contributed by atoms with Gasteiger partial charge in [-0.3, -0.25) is 9.59 Å². The summed E-state index contributed by atoms with van der Waals surface area (Å²) in [6, 6.07) is 10.9. The molecule has 0 bridgehead atoms. The van der Waals surface area contributed by atoms with Gasteiger partial charge in [0.25, 0.3) is 5.91 Å². The molecule has 2 atom stereocenters. The third-order valence-corrected chi connectivity index (χ3v) is 4.32. The Morgan fingerprint density at radius 2 is 2.00 bits per heavy atom. The van der Waals surface area contributed by atoms with E-state index >= 15 is 0 Å². The molecule has 1 saturated heterocycles. The van der Waals surface area contributed by atoms with Crippen LogP contribution < -0.4 is 5.32 Å². The van der Waals surface area contributed by atoms with Crippen LogP contribution in [-0.2, 0) is 20.9 Å². The molecule has 136 valence electrons. The van der Waals surface area contributed by atoms with Crippen molar-refractivity contribution >= 4 is 11.8 Å². The molecule has 0 spiro atoms. The lowest BCUT2D eigenvalue weighted by Gasteiger charge is -2.38. The fraction of sp³-hybridized carbons (Fsp3) is 0.263. The van der Waals surface area contributed by atoms with Crippen molar-refractivity contribution in [2.24, 2.45) is 0 Å². The first-order valence-corrected chi connectivity index (χ1v) is 8.11. The minimum Gasteiger partial charge on any atom is -0.356 e. The fourth-order valence-corrected chi connectivity index (χ4v) is 2.95. The maximum Gasteiger partial charge on any atom is 0.251 e. The summed E-state index contributed by atoms with van der Waals surface area (Å²) in [6.45, 7) is -0.169. The highest BCUT2D eigenvalue weighted by Crippen LogP contribution is 2.30. The maximum absolute atomic E-state index is 14.2. The number of carbonyl (C=O) groups is 2. The number of nitrogens with one attached hydrogen (secondary N) is 1. The molecule has 1 aliphatic rings. The van der Waals surface area contributed by atoms with Crippen LogP contribution in [-0.4, -0.2) is 36.5 Å². The third kappa shape index (κ3) is 3.72. The maximum atomic E-state index is 14.2. The van der Waals surface area contributed by atoms with Gasteiger partial charge in [-0.2, -0.15) is 0 Å². The average molecular weight is 360 g/mol. The predicted octanol–water partition coefficient (Wildman–Crippen LogP) is 2.18. The average Bonchev–Trinajstić information content (AvgIpc) is 2.63. The molecule has 0 aromatic heterocycles. The third-order valence-electron chi connectivity index (χ3n) is 4.32. The van der Waals surface area contributed by atoms with Gasteiger partial charge < -0.3 is 15.0 Å². The fourth-order valence-electron chi connectivity index (χ4n) is 2.95. The summed E-state index contributed by atoms with van der Waals surface area (Å²) < 4.78 is 32.9. The molecular weight excluding hydrogens is 342 g/mol. The van der Waals surface area contributed by atoms with Crippen molar-refractivity contribution in [2.45, 2.75) is 18.7 Å². The quantitative estimate of drug-likeness (QED) is 0.909. The van der Waals surface area contributed by atoms with Crippen LogP contribution in [0, 0.1) is 11.6 Å². The largest absolute Gasteiger partial charge is 0.356 e. The molecule has 1 N–H and O–H groups in total. The zero-order valence-corrected chi connectivity index (χ0v) is 14.1. The Morgan fingerprint density at radius 1 is 1.23 bits per heavy atom. The standard InChI is InChI=1S/C19H18F2N2O3/c1-23-16(24)11-26-18(17(23)14-7-2-3-8-15(14)21)19(25)22-10-12-5-4-6-13(20)9-12/h2-9,17-18H,10-11H2,1H3,(H,22,25)/t17-,18+/m1/s1. The van der Waals surface area contributed by atoms with Crippen LogP contribution in [0.4, 0.5) is 8.78 Å². The summed E-state index contributed by atoms with van der Waals surface area (Å²) in [5, 5.41) is 2.66. The second kappa shape index (κ2) is 7.61. The van der Waals surface area contributed by atoms with Crippen molar-refractivity contribution in [1.82, 2.24) is 10.2 Å². The van der Waals surface area contributed by atoms with E-state index in [1.54, 1.807) is 18.2 Å². The highest BCUT2D eigenvalue weighted by atomic mass is 19.1. The molecule has 0 aliphatic carbocycles. The summed E-state index contributed by atoms with van der Waals surface area (Å²) in [6.07, 6.45) is -1.07. The Labute approximate surface area is 149 Å². The van der Waals surface area contributed by atoms with E-state index in [0.717, 1.165) is 0 Å². The van der Waals surface area contributed by atoms with Crippen molar-refractivity contribution in [3.8, 4) is 0 Å². The molecule has 5 nitrogen and oxygen atoms in total. The summed E-state index contributed by atoms with van der Waals surface area (Å²) >= 11 is 0. The first-order valence-electron chi connectivity index (χ1n) is 8.11. The predicted molar refractivity (Wildman–Crippen MR) is 89.9 cm³/mol. The molecule has 1 fully saturated rings. The van der Waals surface area contributed by atoms with Gasteiger partial charge in [0.1, 0.15) is 18.2 Å². The zero-order valence-electron chi connectivity index (χ0n) is 14.1. The first-order chi connectivity index (χ1) is 12.5. The van der Waals surface area contributed by atoms with Crippen LogP contribution in [0.15, 0.2) is 48.5 Å². The van der Waals surface area contributed by atoms with Crippen molar-refractivity contribution in [1.29, 1.82) is 0 Å². The van der Waals surface area contributed by atoms with Crippen molar-refractivity contribution in [3.05, 3.63) is 71.3 Å². The molecule has 2 amide bonds. The topological polar surface area (TPSA) is 58.6 Å². The number of ether oxygens (including phenoxy) is 1. The molecule has 2 aromatic rings. The number of likely N-dealkylation sites (N-methyl/N-ethyl adjacent to an activating group) is 1. The molecule has 1 aliphatic heterocycles. The van der Waals surface area contributed by atoms with E-state index in [0.29, 0.717) is 5.56 Å². The van der Waals surface area contributed by atoms with E-state index in [1.165, 1.54) is 42.3 Å². The molecule has 0 radical (unpaired) electrons. The van der Waals surface area contributed by atoms with Gasteiger partial charge >= 0.3 is 0 Å². The number of carbonyl (C=O) groups excluding carboxylic acids is 2. The molecule has 0 saturated carbocycles. The van der Waals surface area contributed by atoms with Gasteiger partial charge in [-0.15, -0.1) is 0 Å². The van der Waals surface area contributed by atoms with E-state index in [2.05, 4.69) is 5.32 Å². The van der Waals surface area contributed by atoms with Crippen molar-refractivity contribution in [2.75, 3.05) is 13.7 Å². The molecule has 2 aromatic carbocycles. The van der Waals surface area contributed by atoms with E-state index in [-0.39, 0.29) is 24.6 Å². The highest BCUT2D eigenvalue weighted by Gasteiger charge is 2.41.